The first-order valence-corrected chi connectivity index (χ1v) is 13.1. The second-order valence-electron chi connectivity index (χ2n) is 8.74. The summed E-state index contributed by atoms with van der Waals surface area (Å²) in [5, 5.41) is 5.23. The van der Waals surface area contributed by atoms with E-state index in [0.717, 1.165) is 11.3 Å². The number of aryl methyl sites for hydroxylation is 1. The highest BCUT2D eigenvalue weighted by Gasteiger charge is 2.12. The van der Waals surface area contributed by atoms with E-state index in [2.05, 4.69) is 21.5 Å². The molecule has 0 bridgehead atoms. The van der Waals surface area contributed by atoms with Crippen molar-refractivity contribution in [1.29, 1.82) is 0 Å². The van der Waals surface area contributed by atoms with Gasteiger partial charge in [0.25, 0.3) is 17.7 Å². The number of amides is 3. The molecule has 0 saturated carbocycles. The number of hydrazine groups is 1. The minimum atomic E-state index is -0.476. The van der Waals surface area contributed by atoms with Gasteiger partial charge in [-0.05, 0) is 91.4 Å². The van der Waals surface area contributed by atoms with E-state index in [9.17, 15) is 14.4 Å². The van der Waals surface area contributed by atoms with Crippen molar-refractivity contribution >= 4 is 40.7 Å². The van der Waals surface area contributed by atoms with Crippen LogP contribution in [0.5, 0.6) is 11.5 Å². The highest BCUT2D eigenvalue weighted by molar-refractivity contribution is 7.80. The molecular formula is C31H28N4O5S. The van der Waals surface area contributed by atoms with Crippen molar-refractivity contribution in [1.82, 2.24) is 16.2 Å². The molecule has 0 heterocycles. The number of anilines is 1. The fourth-order valence-electron chi connectivity index (χ4n) is 3.66. The number of rotatable bonds is 9. The molecule has 4 rings (SSSR count). The van der Waals surface area contributed by atoms with Gasteiger partial charge in [-0.2, -0.15) is 0 Å². The van der Waals surface area contributed by atoms with Gasteiger partial charge in [-0.1, -0.05) is 36.4 Å². The van der Waals surface area contributed by atoms with Crippen LogP contribution in [0.25, 0.3) is 0 Å². The maximum Gasteiger partial charge on any atom is 0.269 e. The molecule has 0 unspecified atom stereocenters. The lowest BCUT2D eigenvalue weighted by molar-refractivity contribution is 0.0934. The summed E-state index contributed by atoms with van der Waals surface area (Å²) in [7, 11) is 0. The van der Waals surface area contributed by atoms with Crippen molar-refractivity contribution in [3.8, 4) is 11.5 Å². The van der Waals surface area contributed by atoms with E-state index in [4.69, 9.17) is 21.7 Å². The van der Waals surface area contributed by atoms with Gasteiger partial charge in [-0.15, -0.1) is 0 Å². The molecular weight excluding hydrogens is 540 g/mol. The molecule has 41 heavy (non-hydrogen) atoms. The zero-order chi connectivity index (χ0) is 29.0. The minimum absolute atomic E-state index is 0.0798. The zero-order valence-corrected chi connectivity index (χ0v) is 23.0. The summed E-state index contributed by atoms with van der Waals surface area (Å²) in [6.45, 7) is 2.59. The summed E-state index contributed by atoms with van der Waals surface area (Å²) in [5.74, 6) is 0.188. The molecule has 0 fully saturated rings. The van der Waals surface area contributed by atoms with Crippen molar-refractivity contribution < 1.29 is 23.9 Å². The average Bonchev–Trinajstić information content (AvgIpc) is 2.99. The molecule has 4 N–H and O–H groups in total. The summed E-state index contributed by atoms with van der Waals surface area (Å²) < 4.78 is 11.2. The van der Waals surface area contributed by atoms with Crippen molar-refractivity contribution in [2.75, 3.05) is 18.5 Å². The predicted octanol–water partition coefficient (Wildman–Crippen LogP) is 4.65. The highest BCUT2D eigenvalue weighted by atomic mass is 32.1. The van der Waals surface area contributed by atoms with E-state index in [1.807, 2.05) is 49.4 Å². The van der Waals surface area contributed by atoms with Crippen LogP contribution in [0.2, 0.25) is 0 Å². The Kier molecular flexibility index (Phi) is 10.0. The molecule has 9 nitrogen and oxygen atoms in total. The van der Waals surface area contributed by atoms with Gasteiger partial charge in [0.2, 0.25) is 0 Å². The Bertz CT molecular complexity index is 1510. The van der Waals surface area contributed by atoms with E-state index < -0.39 is 11.8 Å². The number of para-hydroxylation sites is 1. The standard InChI is InChI=1S/C31H28N4O5S/c1-21-7-5-6-10-27(21)30(38)32-24-15-11-23(12-16-24)29(37)34-35-31(41)33-28(36)22-13-17-26(18-14-22)40-20-19-39-25-8-3-2-4-9-25/h2-18H,19-20H2,1H3,(H,32,38)(H,34,37)(H2,33,35,36,41). The Hall–Kier alpha value is -5.22. The summed E-state index contributed by atoms with van der Waals surface area (Å²) in [4.78, 5) is 37.5. The molecule has 0 saturated heterocycles. The second-order valence-corrected chi connectivity index (χ2v) is 9.15. The predicted molar refractivity (Wildman–Crippen MR) is 160 cm³/mol. The quantitative estimate of drug-likeness (QED) is 0.132. The Labute approximate surface area is 242 Å². The smallest absolute Gasteiger partial charge is 0.269 e. The second kappa shape index (κ2) is 14.2. The van der Waals surface area contributed by atoms with Crippen LogP contribution in [0.1, 0.15) is 36.6 Å². The van der Waals surface area contributed by atoms with Crippen LogP contribution >= 0.6 is 12.2 Å². The maximum atomic E-state index is 12.5. The number of carbonyl (C=O) groups excluding carboxylic acids is 3. The maximum absolute atomic E-state index is 12.5. The van der Waals surface area contributed by atoms with Crippen LogP contribution in [0.4, 0.5) is 5.69 Å². The fourth-order valence-corrected chi connectivity index (χ4v) is 3.81. The van der Waals surface area contributed by atoms with Crippen LogP contribution in [0, 0.1) is 6.92 Å². The van der Waals surface area contributed by atoms with Gasteiger partial charge in [-0.3, -0.25) is 30.6 Å². The third-order valence-electron chi connectivity index (χ3n) is 5.79. The largest absolute Gasteiger partial charge is 0.490 e. The van der Waals surface area contributed by atoms with Gasteiger partial charge in [-0.25, -0.2) is 0 Å². The van der Waals surface area contributed by atoms with Gasteiger partial charge in [0.1, 0.15) is 24.7 Å². The summed E-state index contributed by atoms with van der Waals surface area (Å²) in [6, 6.07) is 29.6. The summed E-state index contributed by atoms with van der Waals surface area (Å²) in [6.07, 6.45) is 0. The van der Waals surface area contributed by atoms with E-state index >= 15 is 0 Å². The van der Waals surface area contributed by atoms with E-state index in [-0.39, 0.29) is 11.0 Å². The first kappa shape index (κ1) is 28.8. The van der Waals surface area contributed by atoms with Crippen molar-refractivity contribution in [2.45, 2.75) is 6.92 Å². The van der Waals surface area contributed by atoms with Gasteiger partial charge < -0.3 is 14.8 Å². The number of benzene rings is 4. The molecule has 4 aromatic carbocycles. The van der Waals surface area contributed by atoms with Gasteiger partial charge >= 0.3 is 0 Å². The number of hydrogen-bond acceptors (Lipinski definition) is 6. The molecule has 0 radical (unpaired) electrons. The summed E-state index contributed by atoms with van der Waals surface area (Å²) in [5.41, 5.74) is 7.60. The number of thiocarbonyl (C=S) groups is 1. The zero-order valence-electron chi connectivity index (χ0n) is 22.2. The summed E-state index contributed by atoms with van der Waals surface area (Å²) >= 11 is 5.12. The molecule has 10 heteroatoms. The lowest BCUT2D eigenvalue weighted by atomic mass is 10.1. The van der Waals surface area contributed by atoms with Crippen LogP contribution in [-0.2, 0) is 0 Å². The monoisotopic (exact) mass is 568 g/mol. The van der Waals surface area contributed by atoms with Crippen LogP contribution in [0.15, 0.2) is 103 Å². The molecule has 0 aromatic heterocycles. The van der Waals surface area contributed by atoms with Gasteiger partial charge in [0, 0.05) is 22.4 Å². The van der Waals surface area contributed by atoms with E-state index in [1.54, 1.807) is 60.7 Å². The van der Waals surface area contributed by atoms with E-state index in [1.165, 1.54) is 0 Å². The molecule has 0 atom stereocenters. The first-order valence-electron chi connectivity index (χ1n) is 12.7. The molecule has 3 amide bonds. The van der Waals surface area contributed by atoms with Crippen LogP contribution in [0.3, 0.4) is 0 Å². The first-order chi connectivity index (χ1) is 19.9. The fraction of sp³-hybridized carbons (Fsp3) is 0.0968. The Balaban J connectivity index is 1.18. The van der Waals surface area contributed by atoms with Crippen LogP contribution in [-0.4, -0.2) is 36.0 Å². The average molecular weight is 569 g/mol. The molecule has 0 spiro atoms. The molecule has 208 valence electrons. The molecule has 0 aliphatic carbocycles. The third kappa shape index (κ3) is 8.64. The van der Waals surface area contributed by atoms with Gasteiger partial charge in [0.05, 0.1) is 0 Å². The van der Waals surface area contributed by atoms with Crippen LogP contribution < -0.4 is 31.0 Å². The number of nitrogens with one attached hydrogen (secondary N) is 4. The van der Waals surface area contributed by atoms with Crippen molar-refractivity contribution in [2.24, 2.45) is 0 Å². The van der Waals surface area contributed by atoms with E-state index in [0.29, 0.717) is 41.3 Å². The molecule has 0 aliphatic rings. The molecule has 4 aromatic rings. The Morgan fingerprint density at radius 3 is 1.85 bits per heavy atom. The number of hydrogen-bond donors (Lipinski definition) is 4. The minimum Gasteiger partial charge on any atom is -0.490 e. The van der Waals surface area contributed by atoms with Gasteiger partial charge in [0.15, 0.2) is 5.11 Å². The SMILES string of the molecule is Cc1ccccc1C(=O)Nc1ccc(C(=O)NNC(=S)NC(=O)c2ccc(OCCOc3ccccc3)cc2)cc1. The van der Waals surface area contributed by atoms with Crippen molar-refractivity contribution in [3.63, 3.8) is 0 Å². The normalized spacial score (nSPS) is 10.2. The van der Waals surface area contributed by atoms with Crippen molar-refractivity contribution in [3.05, 3.63) is 125 Å². The highest BCUT2D eigenvalue weighted by Crippen LogP contribution is 2.15. The molecule has 0 aliphatic heterocycles. The topological polar surface area (TPSA) is 118 Å². The Morgan fingerprint density at radius 2 is 1.20 bits per heavy atom. The number of ether oxygens (including phenoxy) is 2. The lowest BCUT2D eigenvalue weighted by Gasteiger charge is -2.12. The Morgan fingerprint density at radius 1 is 0.634 bits per heavy atom. The lowest BCUT2D eigenvalue weighted by Crippen LogP contribution is -2.48. The number of carbonyl (C=O) groups is 3. The third-order valence-corrected chi connectivity index (χ3v) is 6.00.